The van der Waals surface area contributed by atoms with Crippen molar-refractivity contribution in [1.29, 1.82) is 0 Å². The second-order valence-corrected chi connectivity index (χ2v) is 5.36. The van der Waals surface area contributed by atoms with Crippen LogP contribution in [0.1, 0.15) is 36.7 Å². The Morgan fingerprint density at radius 1 is 1.33 bits per heavy atom. The number of carbonyl (C=O) groups excluding carboxylic acids is 1. The number of hydrogen-bond acceptors (Lipinski definition) is 3. The Morgan fingerprint density at radius 3 is 2.57 bits per heavy atom. The van der Waals surface area contributed by atoms with Crippen molar-refractivity contribution >= 4 is 18.1 Å². The normalized spacial score (nSPS) is 11.4. The molecule has 5 nitrogen and oxygen atoms in total. The van der Waals surface area contributed by atoms with Crippen molar-refractivity contribution in [2.24, 2.45) is 0 Å². The predicted molar refractivity (Wildman–Crippen MR) is 76.6 cm³/mol. The van der Waals surface area contributed by atoms with E-state index in [1.165, 1.54) is 18.2 Å². The molecule has 0 fully saturated rings. The lowest BCUT2D eigenvalue weighted by Gasteiger charge is -2.19. The van der Waals surface area contributed by atoms with E-state index < -0.39 is 23.5 Å². The molecule has 0 bridgehead atoms. The number of carboxylic acids is 1. The quantitative estimate of drug-likeness (QED) is 0.895. The third-order valence-corrected chi connectivity index (χ3v) is 2.24. The molecule has 0 atom stereocenters. The number of nitrogens with one attached hydrogen (secondary N) is 1. The number of aromatic carboxylic acids is 1. The van der Waals surface area contributed by atoms with Gasteiger partial charge in [-0.1, -0.05) is 12.2 Å². The summed E-state index contributed by atoms with van der Waals surface area (Å²) in [6.45, 7) is 5.45. The van der Waals surface area contributed by atoms with Gasteiger partial charge in [0.05, 0.1) is 5.56 Å². The van der Waals surface area contributed by atoms with Gasteiger partial charge in [0.1, 0.15) is 11.4 Å². The van der Waals surface area contributed by atoms with Crippen molar-refractivity contribution in [1.82, 2.24) is 5.32 Å². The summed E-state index contributed by atoms with van der Waals surface area (Å²) in [5, 5.41) is 11.3. The average molecular weight is 295 g/mol. The maximum atomic E-state index is 13.2. The Bertz CT molecular complexity index is 561. The SMILES string of the molecule is CC(C)(C)OC(=O)NCC=Cc1cc(F)cc(C(=O)O)c1. The zero-order valence-electron chi connectivity index (χ0n) is 12.1. The highest BCUT2D eigenvalue weighted by Gasteiger charge is 2.15. The van der Waals surface area contributed by atoms with E-state index in [1.807, 2.05) is 0 Å². The van der Waals surface area contributed by atoms with Gasteiger partial charge in [-0.3, -0.25) is 0 Å². The number of carboxylic acid groups (broad SMARTS) is 1. The highest BCUT2D eigenvalue weighted by atomic mass is 19.1. The minimum absolute atomic E-state index is 0.130. The molecule has 6 heteroatoms. The third-order valence-electron chi connectivity index (χ3n) is 2.24. The van der Waals surface area contributed by atoms with Crippen molar-refractivity contribution in [2.45, 2.75) is 26.4 Å². The maximum Gasteiger partial charge on any atom is 0.407 e. The molecule has 0 aliphatic rings. The van der Waals surface area contributed by atoms with Gasteiger partial charge in [0.2, 0.25) is 0 Å². The van der Waals surface area contributed by atoms with E-state index in [1.54, 1.807) is 26.8 Å². The first kappa shape index (κ1) is 16.7. The molecule has 0 aliphatic carbocycles. The molecule has 0 aromatic heterocycles. The van der Waals surface area contributed by atoms with Crippen LogP contribution in [0.3, 0.4) is 0 Å². The Balaban J connectivity index is 2.58. The molecule has 0 spiro atoms. The van der Waals surface area contributed by atoms with Crippen molar-refractivity contribution in [3.63, 3.8) is 0 Å². The van der Waals surface area contributed by atoms with E-state index in [9.17, 15) is 14.0 Å². The highest BCUT2D eigenvalue weighted by molar-refractivity contribution is 5.88. The molecular formula is C15H18FNO4. The van der Waals surface area contributed by atoms with Crippen molar-refractivity contribution in [3.05, 3.63) is 41.2 Å². The molecule has 2 N–H and O–H groups in total. The van der Waals surface area contributed by atoms with Crippen LogP contribution in [0.15, 0.2) is 24.3 Å². The van der Waals surface area contributed by atoms with E-state index in [-0.39, 0.29) is 12.1 Å². The summed E-state index contributed by atoms with van der Waals surface area (Å²) in [6.07, 6.45) is 2.54. The summed E-state index contributed by atoms with van der Waals surface area (Å²) in [7, 11) is 0. The van der Waals surface area contributed by atoms with Crippen LogP contribution >= 0.6 is 0 Å². The molecule has 21 heavy (non-hydrogen) atoms. The molecule has 1 aromatic rings. The van der Waals surface area contributed by atoms with Crippen molar-refractivity contribution in [3.8, 4) is 0 Å². The Labute approximate surface area is 122 Å². The van der Waals surface area contributed by atoms with E-state index in [0.29, 0.717) is 5.56 Å². The molecule has 0 saturated carbocycles. The van der Waals surface area contributed by atoms with Gasteiger partial charge in [-0.05, 0) is 44.5 Å². The molecule has 1 amide bonds. The summed E-state index contributed by atoms with van der Waals surface area (Å²) < 4.78 is 18.3. The van der Waals surface area contributed by atoms with Crippen LogP contribution in [0.4, 0.5) is 9.18 Å². The Morgan fingerprint density at radius 2 is 2.00 bits per heavy atom. The van der Waals surface area contributed by atoms with E-state index in [0.717, 1.165) is 6.07 Å². The zero-order valence-corrected chi connectivity index (χ0v) is 12.1. The second-order valence-electron chi connectivity index (χ2n) is 5.36. The van der Waals surface area contributed by atoms with Gasteiger partial charge in [0.25, 0.3) is 0 Å². The van der Waals surface area contributed by atoms with Crippen LogP contribution in [0, 0.1) is 5.82 Å². The van der Waals surface area contributed by atoms with Crippen molar-refractivity contribution in [2.75, 3.05) is 6.54 Å². The number of carbonyl (C=O) groups is 2. The number of halogens is 1. The van der Waals surface area contributed by atoms with Crippen LogP contribution in [-0.4, -0.2) is 29.3 Å². The second kappa shape index (κ2) is 6.88. The average Bonchev–Trinajstić information content (AvgIpc) is 2.31. The smallest absolute Gasteiger partial charge is 0.407 e. The number of amides is 1. The largest absolute Gasteiger partial charge is 0.478 e. The molecule has 0 heterocycles. The molecule has 1 aromatic carbocycles. The lowest BCUT2D eigenvalue weighted by atomic mass is 10.1. The number of rotatable bonds is 4. The van der Waals surface area contributed by atoms with Crippen LogP contribution in [-0.2, 0) is 4.74 Å². The number of alkyl carbamates (subject to hydrolysis) is 1. The van der Waals surface area contributed by atoms with Gasteiger partial charge < -0.3 is 15.2 Å². The van der Waals surface area contributed by atoms with Crippen LogP contribution in [0.2, 0.25) is 0 Å². The third kappa shape index (κ3) is 6.56. The molecule has 114 valence electrons. The molecule has 0 unspecified atom stereocenters. The number of ether oxygens (including phenoxy) is 1. The topological polar surface area (TPSA) is 75.6 Å². The summed E-state index contributed by atoms with van der Waals surface area (Å²) in [5.74, 6) is -1.83. The standard InChI is InChI=1S/C15H18FNO4/c1-15(2,3)21-14(20)17-6-4-5-10-7-11(13(18)19)9-12(16)8-10/h4-5,7-9H,6H2,1-3H3,(H,17,20)(H,18,19). The van der Waals surface area contributed by atoms with Crippen LogP contribution in [0.5, 0.6) is 0 Å². The van der Waals surface area contributed by atoms with Gasteiger partial charge in [0, 0.05) is 6.54 Å². The van der Waals surface area contributed by atoms with Crippen LogP contribution < -0.4 is 5.32 Å². The molecular weight excluding hydrogens is 277 g/mol. The fourth-order valence-corrected chi connectivity index (χ4v) is 1.48. The molecule has 0 aliphatic heterocycles. The fraction of sp³-hybridized carbons (Fsp3) is 0.333. The maximum absolute atomic E-state index is 13.2. The monoisotopic (exact) mass is 295 g/mol. The summed E-state index contributed by atoms with van der Waals surface area (Å²) in [5.41, 5.74) is -0.305. The lowest BCUT2D eigenvalue weighted by Crippen LogP contribution is -2.32. The lowest BCUT2D eigenvalue weighted by molar-refractivity contribution is 0.0533. The zero-order chi connectivity index (χ0) is 16.0. The molecule has 1 rings (SSSR count). The van der Waals surface area contributed by atoms with Gasteiger partial charge in [0.15, 0.2) is 0 Å². The van der Waals surface area contributed by atoms with Crippen LogP contribution in [0.25, 0.3) is 6.08 Å². The van der Waals surface area contributed by atoms with Gasteiger partial charge in [-0.15, -0.1) is 0 Å². The highest BCUT2D eigenvalue weighted by Crippen LogP contribution is 2.11. The predicted octanol–water partition coefficient (Wildman–Crippen LogP) is 3.06. The summed E-state index contributed by atoms with van der Waals surface area (Å²) in [6, 6.07) is 3.49. The minimum atomic E-state index is -1.20. The van der Waals surface area contributed by atoms with Gasteiger partial charge in [-0.2, -0.15) is 0 Å². The number of hydrogen-bond donors (Lipinski definition) is 2. The molecule has 0 radical (unpaired) electrons. The first-order valence-electron chi connectivity index (χ1n) is 6.34. The fourth-order valence-electron chi connectivity index (χ4n) is 1.48. The van der Waals surface area contributed by atoms with E-state index in [2.05, 4.69) is 5.32 Å². The first-order chi connectivity index (χ1) is 9.67. The van der Waals surface area contributed by atoms with Gasteiger partial charge >= 0.3 is 12.1 Å². The Kier molecular flexibility index (Phi) is 5.46. The number of benzene rings is 1. The van der Waals surface area contributed by atoms with E-state index >= 15 is 0 Å². The first-order valence-corrected chi connectivity index (χ1v) is 6.34. The molecule has 0 saturated heterocycles. The minimum Gasteiger partial charge on any atom is -0.478 e. The van der Waals surface area contributed by atoms with Gasteiger partial charge in [-0.25, -0.2) is 14.0 Å². The Hall–Kier alpha value is -2.37. The van der Waals surface area contributed by atoms with Crippen molar-refractivity contribution < 1.29 is 23.8 Å². The van der Waals surface area contributed by atoms with E-state index in [4.69, 9.17) is 9.84 Å². The summed E-state index contributed by atoms with van der Waals surface area (Å²) in [4.78, 5) is 22.2. The summed E-state index contributed by atoms with van der Waals surface area (Å²) >= 11 is 0.